The van der Waals surface area contributed by atoms with Crippen LogP contribution in [-0.4, -0.2) is 39.5 Å². The van der Waals surface area contributed by atoms with Crippen molar-refractivity contribution in [1.29, 1.82) is 0 Å². The van der Waals surface area contributed by atoms with Crippen LogP contribution >= 0.6 is 0 Å². The van der Waals surface area contributed by atoms with E-state index in [0.29, 0.717) is 24.0 Å². The molecule has 2 heterocycles. The van der Waals surface area contributed by atoms with Crippen LogP contribution in [0, 0.1) is 5.82 Å². The number of aliphatic carboxylic acids is 1. The van der Waals surface area contributed by atoms with E-state index in [-0.39, 0.29) is 5.52 Å². The number of fused-ring (bicyclic) bond motifs is 3. The van der Waals surface area contributed by atoms with Crippen LogP contribution in [0.15, 0.2) is 18.2 Å². The number of benzene rings is 1. The minimum Gasteiger partial charge on any atom is -0.474 e. The second-order valence-electron chi connectivity index (χ2n) is 5.89. The Kier molecular flexibility index (Phi) is 4.17. The number of carbonyl (C=O) groups is 2. The molecular formula is C17H19FN2O3. The van der Waals surface area contributed by atoms with Gasteiger partial charge in [-0.25, -0.2) is 9.18 Å². The second kappa shape index (κ2) is 6.12. The van der Waals surface area contributed by atoms with Gasteiger partial charge < -0.3 is 5.11 Å². The number of unbranched alkanes of at least 4 members (excludes halogenated alkanes) is 1. The second-order valence-corrected chi connectivity index (χ2v) is 5.89. The fraction of sp³-hybridized carbons (Fsp3) is 0.412. The van der Waals surface area contributed by atoms with E-state index in [4.69, 9.17) is 5.11 Å². The summed E-state index contributed by atoms with van der Waals surface area (Å²) in [5.74, 6) is -3.23. The van der Waals surface area contributed by atoms with Crippen molar-refractivity contribution in [3.8, 4) is 0 Å². The fourth-order valence-corrected chi connectivity index (χ4v) is 3.31. The highest BCUT2D eigenvalue weighted by atomic mass is 19.1. The van der Waals surface area contributed by atoms with E-state index in [1.54, 1.807) is 12.1 Å². The molecule has 0 saturated carbocycles. The Balaban J connectivity index is 2.16. The molecule has 0 aliphatic carbocycles. The maximum Gasteiger partial charge on any atom is 0.395 e. The molecule has 0 atom stereocenters. The van der Waals surface area contributed by atoms with Gasteiger partial charge in [-0.1, -0.05) is 25.5 Å². The number of carboxylic acid groups (broad SMARTS) is 1. The van der Waals surface area contributed by atoms with E-state index in [2.05, 4.69) is 11.8 Å². The summed E-state index contributed by atoms with van der Waals surface area (Å²) in [7, 11) is 0. The van der Waals surface area contributed by atoms with Crippen molar-refractivity contribution in [1.82, 2.24) is 9.47 Å². The van der Waals surface area contributed by atoms with Crippen LogP contribution in [0.4, 0.5) is 4.39 Å². The summed E-state index contributed by atoms with van der Waals surface area (Å²) < 4.78 is 15.3. The van der Waals surface area contributed by atoms with Crippen LogP contribution in [0.3, 0.4) is 0 Å². The number of para-hydroxylation sites is 1. The van der Waals surface area contributed by atoms with Crippen molar-refractivity contribution in [3.63, 3.8) is 0 Å². The van der Waals surface area contributed by atoms with Crippen LogP contribution in [-0.2, 0) is 17.8 Å². The average Bonchev–Trinajstić information content (AvgIpc) is 2.87. The third kappa shape index (κ3) is 2.63. The van der Waals surface area contributed by atoms with Crippen LogP contribution in [0.1, 0.15) is 35.8 Å². The fourth-order valence-electron chi connectivity index (χ4n) is 3.31. The maximum atomic E-state index is 14.3. The van der Waals surface area contributed by atoms with Gasteiger partial charge in [0.2, 0.25) is 0 Å². The van der Waals surface area contributed by atoms with E-state index in [9.17, 15) is 14.0 Å². The van der Waals surface area contributed by atoms with Gasteiger partial charge >= 0.3 is 11.9 Å². The molecule has 0 bridgehead atoms. The highest BCUT2D eigenvalue weighted by Gasteiger charge is 2.30. The summed E-state index contributed by atoms with van der Waals surface area (Å²) >= 11 is 0. The first-order valence-corrected chi connectivity index (χ1v) is 7.85. The van der Waals surface area contributed by atoms with Gasteiger partial charge in [-0.15, -0.1) is 0 Å². The average molecular weight is 318 g/mol. The van der Waals surface area contributed by atoms with Crippen molar-refractivity contribution >= 4 is 22.8 Å². The minimum absolute atomic E-state index is 0.0854. The molecule has 1 aromatic carbocycles. The van der Waals surface area contributed by atoms with Gasteiger partial charge in [0, 0.05) is 24.2 Å². The quantitative estimate of drug-likeness (QED) is 0.884. The van der Waals surface area contributed by atoms with E-state index >= 15 is 0 Å². The molecule has 1 aliphatic rings. The first-order valence-electron chi connectivity index (χ1n) is 7.85. The standard InChI is InChI=1S/C17H19FN2O3/c1-2-3-8-19-9-7-11-12-5-4-6-13(18)15(12)20(14(11)10-19)16(21)17(22)23/h4-6H,2-3,7-10H2,1H3,(H,22,23). The first kappa shape index (κ1) is 15.7. The lowest BCUT2D eigenvalue weighted by molar-refractivity contribution is -0.132. The summed E-state index contributed by atoms with van der Waals surface area (Å²) in [4.78, 5) is 25.5. The highest BCUT2D eigenvalue weighted by Crippen LogP contribution is 2.32. The molecule has 0 amide bonds. The Morgan fingerprint density at radius 3 is 2.83 bits per heavy atom. The SMILES string of the molecule is CCCCN1CCc2c(n(C(=O)C(=O)O)c3c(F)cccc23)C1. The van der Waals surface area contributed by atoms with Gasteiger partial charge in [0.15, 0.2) is 0 Å². The lowest BCUT2D eigenvalue weighted by Gasteiger charge is -2.27. The normalized spacial score (nSPS) is 14.9. The molecule has 6 heteroatoms. The van der Waals surface area contributed by atoms with Crippen LogP contribution in [0.25, 0.3) is 10.9 Å². The molecule has 23 heavy (non-hydrogen) atoms. The van der Waals surface area contributed by atoms with Crippen molar-refractivity contribution in [2.75, 3.05) is 13.1 Å². The lowest BCUT2D eigenvalue weighted by atomic mass is 10.0. The molecule has 5 nitrogen and oxygen atoms in total. The molecule has 2 aromatic rings. The molecule has 0 spiro atoms. The molecule has 1 aliphatic heterocycles. The summed E-state index contributed by atoms with van der Waals surface area (Å²) in [6.45, 7) is 4.31. The number of carboxylic acids is 1. The van der Waals surface area contributed by atoms with Crippen LogP contribution in [0.5, 0.6) is 0 Å². The molecule has 0 unspecified atom stereocenters. The predicted octanol–water partition coefficient (Wildman–Crippen LogP) is 2.66. The van der Waals surface area contributed by atoms with Crippen molar-refractivity contribution in [2.45, 2.75) is 32.7 Å². The molecular weight excluding hydrogens is 299 g/mol. The molecule has 122 valence electrons. The topological polar surface area (TPSA) is 62.5 Å². The Bertz CT molecular complexity index is 782. The summed E-state index contributed by atoms with van der Waals surface area (Å²) in [6, 6.07) is 4.61. The van der Waals surface area contributed by atoms with Crippen molar-refractivity contribution in [2.24, 2.45) is 0 Å². The van der Waals surface area contributed by atoms with Crippen LogP contribution < -0.4 is 0 Å². The molecule has 0 saturated heterocycles. The zero-order chi connectivity index (χ0) is 16.6. The van der Waals surface area contributed by atoms with Gasteiger partial charge in [0.1, 0.15) is 5.82 Å². The number of carbonyl (C=O) groups excluding carboxylic acids is 1. The Labute approximate surface area is 133 Å². The molecule has 1 aromatic heterocycles. The number of hydrogen-bond acceptors (Lipinski definition) is 3. The van der Waals surface area contributed by atoms with Gasteiger partial charge in [-0.3, -0.25) is 14.3 Å². The van der Waals surface area contributed by atoms with Crippen molar-refractivity contribution < 1.29 is 19.1 Å². The Morgan fingerprint density at radius 1 is 1.35 bits per heavy atom. The van der Waals surface area contributed by atoms with E-state index in [1.807, 2.05) is 0 Å². The van der Waals surface area contributed by atoms with Crippen molar-refractivity contribution in [3.05, 3.63) is 35.3 Å². The largest absolute Gasteiger partial charge is 0.474 e. The lowest BCUT2D eigenvalue weighted by Crippen LogP contribution is -2.34. The molecule has 1 N–H and O–H groups in total. The van der Waals surface area contributed by atoms with Gasteiger partial charge in [0.25, 0.3) is 0 Å². The van der Waals surface area contributed by atoms with Gasteiger partial charge in [-0.2, -0.15) is 0 Å². The number of hydrogen-bond donors (Lipinski definition) is 1. The highest BCUT2D eigenvalue weighted by molar-refractivity contribution is 6.34. The van der Waals surface area contributed by atoms with E-state index < -0.39 is 17.7 Å². The number of halogens is 1. The molecule has 0 fully saturated rings. The third-order valence-electron chi connectivity index (χ3n) is 4.42. The predicted molar refractivity (Wildman–Crippen MR) is 84.0 cm³/mol. The smallest absolute Gasteiger partial charge is 0.395 e. The zero-order valence-electron chi connectivity index (χ0n) is 13.0. The Morgan fingerprint density at radius 2 is 2.13 bits per heavy atom. The summed E-state index contributed by atoms with van der Waals surface area (Å²) in [5.41, 5.74) is 1.59. The monoisotopic (exact) mass is 318 g/mol. The number of rotatable bonds is 3. The summed E-state index contributed by atoms with van der Waals surface area (Å²) in [5, 5.41) is 9.75. The van der Waals surface area contributed by atoms with E-state index in [0.717, 1.165) is 36.1 Å². The summed E-state index contributed by atoms with van der Waals surface area (Å²) in [6.07, 6.45) is 2.80. The number of aromatic nitrogens is 1. The van der Waals surface area contributed by atoms with E-state index in [1.165, 1.54) is 6.07 Å². The molecule has 3 rings (SSSR count). The van der Waals surface area contributed by atoms with Crippen LogP contribution in [0.2, 0.25) is 0 Å². The minimum atomic E-state index is -1.57. The maximum absolute atomic E-state index is 14.3. The molecule has 0 radical (unpaired) electrons. The third-order valence-corrected chi connectivity index (χ3v) is 4.42. The van der Waals surface area contributed by atoms with Gasteiger partial charge in [-0.05, 0) is 31.0 Å². The number of nitrogens with zero attached hydrogens (tertiary/aromatic N) is 2. The van der Waals surface area contributed by atoms with Gasteiger partial charge in [0.05, 0.1) is 5.52 Å². The Hall–Kier alpha value is -2.21. The zero-order valence-corrected chi connectivity index (χ0v) is 13.0. The first-order chi connectivity index (χ1) is 11.0.